The van der Waals surface area contributed by atoms with Gasteiger partial charge in [0.15, 0.2) is 16.9 Å². The Labute approximate surface area is 190 Å². The third-order valence-corrected chi connectivity index (χ3v) is 5.92. The Morgan fingerprint density at radius 2 is 1.82 bits per heavy atom. The molecule has 6 heteroatoms. The van der Waals surface area contributed by atoms with Gasteiger partial charge in [-0.1, -0.05) is 48.0 Å². The molecule has 0 unspecified atom stereocenters. The van der Waals surface area contributed by atoms with Gasteiger partial charge in [-0.2, -0.15) is 0 Å². The van der Waals surface area contributed by atoms with Crippen LogP contribution in [0.5, 0.6) is 11.5 Å². The van der Waals surface area contributed by atoms with Crippen molar-refractivity contribution in [2.24, 2.45) is 0 Å². The number of phenols is 1. The van der Waals surface area contributed by atoms with Crippen LogP contribution in [0.15, 0.2) is 75.9 Å². The number of rotatable bonds is 5. The lowest BCUT2D eigenvalue weighted by molar-refractivity contribution is 0.0714. The SMILES string of the molecule is CCOc1cc([C@H]2c3c(oc4ccc(C)cc4c3=O)C(=O)N2Cc2ccccc2)ccc1O. The normalized spacial score (nSPS) is 15.2. The van der Waals surface area contributed by atoms with E-state index in [0.717, 1.165) is 11.1 Å². The first kappa shape index (κ1) is 20.8. The lowest BCUT2D eigenvalue weighted by Gasteiger charge is -2.25. The Bertz CT molecular complexity index is 1420. The first-order valence-corrected chi connectivity index (χ1v) is 10.9. The van der Waals surface area contributed by atoms with Gasteiger partial charge in [-0.3, -0.25) is 9.59 Å². The highest BCUT2D eigenvalue weighted by molar-refractivity contribution is 5.99. The van der Waals surface area contributed by atoms with Crippen molar-refractivity contribution in [3.63, 3.8) is 0 Å². The number of aromatic hydroxyl groups is 1. The Morgan fingerprint density at radius 3 is 2.58 bits per heavy atom. The van der Waals surface area contributed by atoms with E-state index in [1.165, 1.54) is 6.07 Å². The molecule has 0 radical (unpaired) electrons. The molecule has 2 heterocycles. The summed E-state index contributed by atoms with van der Waals surface area (Å²) in [5.74, 6) is 0.0188. The molecule has 1 aromatic heterocycles. The minimum absolute atomic E-state index is 0.000858. The number of fused-ring (bicyclic) bond motifs is 2. The van der Waals surface area contributed by atoms with Gasteiger partial charge in [-0.25, -0.2) is 0 Å². The van der Waals surface area contributed by atoms with Crippen LogP contribution in [0.25, 0.3) is 11.0 Å². The van der Waals surface area contributed by atoms with Crippen LogP contribution < -0.4 is 10.2 Å². The molecule has 166 valence electrons. The fourth-order valence-corrected chi connectivity index (χ4v) is 4.40. The van der Waals surface area contributed by atoms with Crippen LogP contribution in [0.2, 0.25) is 0 Å². The minimum Gasteiger partial charge on any atom is -0.504 e. The van der Waals surface area contributed by atoms with Gasteiger partial charge in [0.25, 0.3) is 5.91 Å². The molecule has 0 aliphatic carbocycles. The van der Waals surface area contributed by atoms with E-state index >= 15 is 0 Å². The molecule has 0 saturated heterocycles. The number of hydrogen-bond acceptors (Lipinski definition) is 5. The quantitative estimate of drug-likeness (QED) is 0.474. The smallest absolute Gasteiger partial charge is 0.291 e. The number of carbonyl (C=O) groups is 1. The maximum atomic E-state index is 13.7. The van der Waals surface area contributed by atoms with E-state index in [-0.39, 0.29) is 22.8 Å². The van der Waals surface area contributed by atoms with Crippen molar-refractivity contribution >= 4 is 16.9 Å². The number of carbonyl (C=O) groups excluding carboxylic acids is 1. The Hall–Kier alpha value is -4.06. The van der Waals surface area contributed by atoms with Gasteiger partial charge in [0.05, 0.1) is 23.6 Å². The minimum atomic E-state index is -0.673. The summed E-state index contributed by atoms with van der Waals surface area (Å²) in [7, 11) is 0. The zero-order valence-corrected chi connectivity index (χ0v) is 18.4. The van der Waals surface area contributed by atoms with Crippen molar-refractivity contribution in [2.45, 2.75) is 26.4 Å². The number of aryl methyl sites for hydroxylation is 1. The topological polar surface area (TPSA) is 80.0 Å². The molecule has 5 rings (SSSR count). The van der Waals surface area contributed by atoms with Gasteiger partial charge in [0.1, 0.15) is 5.58 Å². The largest absolute Gasteiger partial charge is 0.504 e. The number of phenolic OH excluding ortho intramolecular Hbond substituents is 1. The van der Waals surface area contributed by atoms with Crippen molar-refractivity contribution in [3.05, 3.63) is 105 Å². The molecule has 1 atom stereocenters. The second kappa shape index (κ2) is 8.13. The van der Waals surface area contributed by atoms with Gasteiger partial charge in [-0.15, -0.1) is 0 Å². The van der Waals surface area contributed by atoms with Crippen molar-refractivity contribution < 1.29 is 19.1 Å². The maximum absolute atomic E-state index is 13.7. The van der Waals surface area contributed by atoms with E-state index in [4.69, 9.17) is 9.15 Å². The standard InChI is InChI=1S/C27H23NO5/c1-3-32-22-14-18(10-11-20(22)29)24-23-25(30)19-13-16(2)9-12-21(19)33-26(23)27(31)28(24)15-17-7-5-4-6-8-17/h4-14,24,29H,3,15H2,1-2H3/t24-/m0/s1. The first-order chi connectivity index (χ1) is 16.0. The molecular formula is C27H23NO5. The molecule has 1 N–H and O–H groups in total. The molecule has 0 bridgehead atoms. The fourth-order valence-electron chi connectivity index (χ4n) is 4.40. The van der Waals surface area contributed by atoms with Gasteiger partial charge < -0.3 is 19.2 Å². The van der Waals surface area contributed by atoms with Gasteiger partial charge in [0, 0.05) is 6.54 Å². The summed E-state index contributed by atoms with van der Waals surface area (Å²) >= 11 is 0. The molecule has 0 spiro atoms. The number of hydrogen-bond donors (Lipinski definition) is 1. The van der Waals surface area contributed by atoms with Crippen LogP contribution in [0, 0.1) is 6.92 Å². The molecule has 1 amide bonds. The highest BCUT2D eigenvalue weighted by Gasteiger charge is 2.43. The zero-order valence-electron chi connectivity index (χ0n) is 18.4. The van der Waals surface area contributed by atoms with Gasteiger partial charge >= 0.3 is 0 Å². The lowest BCUT2D eigenvalue weighted by Crippen LogP contribution is -2.29. The average molecular weight is 441 g/mol. The van der Waals surface area contributed by atoms with Crippen molar-refractivity contribution in [1.29, 1.82) is 0 Å². The summed E-state index contributed by atoms with van der Waals surface area (Å²) in [6, 6.07) is 19.2. The van der Waals surface area contributed by atoms with Crippen LogP contribution in [-0.2, 0) is 6.54 Å². The summed E-state index contributed by atoms with van der Waals surface area (Å²) in [5.41, 5.74) is 3.00. The fraction of sp³-hybridized carbons (Fsp3) is 0.185. The van der Waals surface area contributed by atoms with Crippen LogP contribution in [0.3, 0.4) is 0 Å². The second-order valence-corrected chi connectivity index (χ2v) is 8.15. The van der Waals surface area contributed by atoms with E-state index in [1.54, 1.807) is 29.2 Å². The van der Waals surface area contributed by atoms with E-state index < -0.39 is 6.04 Å². The molecule has 0 fully saturated rings. The first-order valence-electron chi connectivity index (χ1n) is 10.9. The predicted molar refractivity (Wildman–Crippen MR) is 125 cm³/mol. The van der Waals surface area contributed by atoms with E-state index in [9.17, 15) is 14.7 Å². The molecule has 6 nitrogen and oxygen atoms in total. The van der Waals surface area contributed by atoms with Crippen LogP contribution >= 0.6 is 0 Å². The third kappa shape index (κ3) is 3.53. The molecule has 4 aromatic rings. The summed E-state index contributed by atoms with van der Waals surface area (Å²) in [5, 5.41) is 10.6. The van der Waals surface area contributed by atoms with Crippen molar-refractivity contribution in [2.75, 3.05) is 6.61 Å². The van der Waals surface area contributed by atoms with E-state index in [2.05, 4.69) is 0 Å². The number of benzene rings is 3. The van der Waals surface area contributed by atoms with E-state index in [1.807, 2.05) is 50.2 Å². The summed E-state index contributed by atoms with van der Waals surface area (Å²) < 4.78 is 11.6. The molecule has 33 heavy (non-hydrogen) atoms. The number of amides is 1. The monoisotopic (exact) mass is 441 g/mol. The molecule has 1 aliphatic rings. The Balaban J connectivity index is 1.74. The van der Waals surface area contributed by atoms with E-state index in [0.29, 0.717) is 41.0 Å². The van der Waals surface area contributed by atoms with Gasteiger partial charge in [0.2, 0.25) is 5.76 Å². The summed E-state index contributed by atoms with van der Waals surface area (Å²) in [6.45, 7) is 4.40. The van der Waals surface area contributed by atoms with Crippen molar-refractivity contribution in [1.82, 2.24) is 4.90 Å². The molecule has 0 saturated carbocycles. The van der Waals surface area contributed by atoms with Crippen molar-refractivity contribution in [3.8, 4) is 11.5 Å². The molecule has 3 aromatic carbocycles. The summed E-state index contributed by atoms with van der Waals surface area (Å²) in [4.78, 5) is 28.8. The number of ether oxygens (including phenoxy) is 1. The van der Waals surface area contributed by atoms with Crippen LogP contribution in [0.1, 0.15) is 45.8 Å². The van der Waals surface area contributed by atoms with Gasteiger partial charge in [-0.05, 0) is 49.2 Å². The Morgan fingerprint density at radius 1 is 1.03 bits per heavy atom. The number of nitrogens with zero attached hydrogens (tertiary/aromatic N) is 1. The molecule has 1 aliphatic heterocycles. The third-order valence-electron chi connectivity index (χ3n) is 5.92. The second-order valence-electron chi connectivity index (χ2n) is 8.15. The average Bonchev–Trinajstić information content (AvgIpc) is 3.08. The molecular weight excluding hydrogens is 418 g/mol. The zero-order chi connectivity index (χ0) is 23.1. The lowest BCUT2D eigenvalue weighted by atomic mass is 9.97. The Kier molecular flexibility index (Phi) is 5.13. The predicted octanol–water partition coefficient (Wildman–Crippen LogP) is 4.95. The summed E-state index contributed by atoms with van der Waals surface area (Å²) in [6.07, 6.45) is 0. The highest BCUT2D eigenvalue weighted by atomic mass is 16.5. The van der Waals surface area contributed by atoms with Crippen LogP contribution in [-0.4, -0.2) is 22.5 Å². The van der Waals surface area contributed by atoms with Crippen LogP contribution in [0.4, 0.5) is 0 Å². The highest BCUT2D eigenvalue weighted by Crippen LogP contribution is 2.41. The maximum Gasteiger partial charge on any atom is 0.291 e.